The van der Waals surface area contributed by atoms with Crippen molar-refractivity contribution in [3.63, 3.8) is 0 Å². The van der Waals surface area contributed by atoms with Gasteiger partial charge in [-0.1, -0.05) is 5.16 Å². The van der Waals surface area contributed by atoms with Gasteiger partial charge in [-0.2, -0.15) is 4.98 Å². The fourth-order valence-corrected chi connectivity index (χ4v) is 1.70. The average molecular weight is 241 g/mol. The smallest absolute Gasteiger partial charge is 0.236 e. The quantitative estimate of drug-likeness (QED) is 0.832. The second-order valence-corrected chi connectivity index (χ2v) is 5.18. The molecule has 2 atom stereocenters. The van der Waals surface area contributed by atoms with Crippen molar-refractivity contribution in [2.75, 3.05) is 20.3 Å². The van der Waals surface area contributed by atoms with E-state index in [-0.39, 0.29) is 6.04 Å². The Kier molecular flexibility index (Phi) is 2.97. The van der Waals surface area contributed by atoms with Gasteiger partial charge in [0.05, 0.1) is 18.6 Å². The number of rotatable bonds is 3. The molecule has 6 nitrogen and oxygen atoms in total. The molecule has 2 unspecified atom stereocenters. The Morgan fingerprint density at radius 2 is 2.24 bits per heavy atom. The molecule has 1 fully saturated rings. The van der Waals surface area contributed by atoms with Crippen LogP contribution in [0.3, 0.4) is 0 Å². The van der Waals surface area contributed by atoms with Gasteiger partial charge in [0.15, 0.2) is 0 Å². The second kappa shape index (κ2) is 4.04. The molecule has 1 aliphatic heterocycles. The van der Waals surface area contributed by atoms with Crippen molar-refractivity contribution < 1.29 is 14.0 Å². The third-order valence-electron chi connectivity index (χ3n) is 3.48. The molecule has 2 heterocycles. The van der Waals surface area contributed by atoms with Crippen molar-refractivity contribution in [3.05, 3.63) is 11.7 Å². The number of hydrogen-bond acceptors (Lipinski definition) is 6. The molecule has 0 aromatic carbocycles. The lowest BCUT2D eigenvalue weighted by molar-refractivity contribution is 0.00973. The lowest BCUT2D eigenvalue weighted by atomic mass is 9.86. The maximum Gasteiger partial charge on any atom is 0.236 e. The predicted octanol–water partition coefficient (Wildman–Crippen LogP) is 0.566. The lowest BCUT2D eigenvalue weighted by Gasteiger charge is -2.22. The summed E-state index contributed by atoms with van der Waals surface area (Å²) in [6.45, 7) is 6.76. The van der Waals surface area contributed by atoms with Crippen molar-refractivity contribution >= 4 is 0 Å². The van der Waals surface area contributed by atoms with E-state index in [9.17, 15) is 0 Å². The van der Waals surface area contributed by atoms with Crippen LogP contribution in [0.2, 0.25) is 0 Å². The van der Waals surface area contributed by atoms with Crippen LogP contribution in [0, 0.1) is 0 Å². The Bertz CT molecular complexity index is 404. The molecule has 0 bridgehead atoms. The molecule has 6 heteroatoms. The van der Waals surface area contributed by atoms with Crippen LogP contribution in [0.4, 0.5) is 0 Å². The van der Waals surface area contributed by atoms with Crippen LogP contribution in [0.25, 0.3) is 0 Å². The summed E-state index contributed by atoms with van der Waals surface area (Å²) >= 11 is 0. The van der Waals surface area contributed by atoms with E-state index in [1.165, 1.54) is 0 Å². The van der Waals surface area contributed by atoms with E-state index in [1.807, 2.05) is 20.8 Å². The molecule has 2 rings (SSSR count). The number of ether oxygens (including phenoxy) is 2. The van der Waals surface area contributed by atoms with E-state index >= 15 is 0 Å². The van der Waals surface area contributed by atoms with Gasteiger partial charge in [-0.3, -0.25) is 0 Å². The minimum Gasteiger partial charge on any atom is -0.379 e. The maximum atomic E-state index is 6.01. The van der Waals surface area contributed by atoms with Gasteiger partial charge in [-0.25, -0.2) is 0 Å². The molecular formula is C11H19N3O3. The molecule has 0 amide bonds. The summed E-state index contributed by atoms with van der Waals surface area (Å²) < 4.78 is 16.0. The first-order chi connectivity index (χ1) is 7.90. The number of nitrogens with two attached hydrogens (primary N) is 1. The summed E-state index contributed by atoms with van der Waals surface area (Å²) in [4.78, 5) is 4.39. The molecule has 0 radical (unpaired) electrons. The lowest BCUT2D eigenvalue weighted by Crippen LogP contribution is -2.42. The SMILES string of the molecule is COC(C)(C)c1noc(C2(C)COCC2N)n1. The van der Waals surface area contributed by atoms with Crippen LogP contribution in [0.1, 0.15) is 32.5 Å². The fourth-order valence-electron chi connectivity index (χ4n) is 1.70. The second-order valence-electron chi connectivity index (χ2n) is 5.18. The Morgan fingerprint density at radius 3 is 2.76 bits per heavy atom. The van der Waals surface area contributed by atoms with E-state index in [2.05, 4.69) is 10.1 Å². The summed E-state index contributed by atoms with van der Waals surface area (Å²) in [5, 5.41) is 3.96. The summed E-state index contributed by atoms with van der Waals surface area (Å²) in [5.74, 6) is 1.04. The molecule has 0 spiro atoms. The minimum atomic E-state index is -0.568. The van der Waals surface area contributed by atoms with Crippen molar-refractivity contribution in [2.45, 2.75) is 37.8 Å². The molecule has 96 valence electrons. The molecule has 2 N–H and O–H groups in total. The first-order valence-electron chi connectivity index (χ1n) is 5.63. The summed E-state index contributed by atoms with van der Waals surface area (Å²) in [7, 11) is 1.61. The highest BCUT2D eigenvalue weighted by molar-refractivity contribution is 5.12. The van der Waals surface area contributed by atoms with Crippen LogP contribution in [0.15, 0.2) is 4.52 Å². The highest BCUT2D eigenvalue weighted by Crippen LogP contribution is 2.32. The van der Waals surface area contributed by atoms with Gasteiger partial charge < -0.3 is 19.7 Å². The Balaban J connectivity index is 2.30. The van der Waals surface area contributed by atoms with Crippen LogP contribution < -0.4 is 5.73 Å². The maximum absolute atomic E-state index is 6.01. The zero-order chi connectivity index (χ0) is 12.7. The fraction of sp³-hybridized carbons (Fsp3) is 0.818. The van der Waals surface area contributed by atoms with Crippen LogP contribution in [-0.2, 0) is 20.5 Å². The van der Waals surface area contributed by atoms with E-state index in [1.54, 1.807) is 7.11 Å². The third-order valence-corrected chi connectivity index (χ3v) is 3.48. The van der Waals surface area contributed by atoms with E-state index in [0.29, 0.717) is 24.9 Å². The minimum absolute atomic E-state index is 0.124. The van der Waals surface area contributed by atoms with Crippen LogP contribution in [0.5, 0.6) is 0 Å². The highest BCUT2D eigenvalue weighted by atomic mass is 16.5. The van der Waals surface area contributed by atoms with Gasteiger partial charge in [0.25, 0.3) is 0 Å². The Morgan fingerprint density at radius 1 is 1.53 bits per heavy atom. The standard InChI is InChI=1S/C11H19N3O3/c1-10(2,15-4)8-13-9(17-14-8)11(3)6-16-5-7(11)12/h7H,5-6,12H2,1-4H3. The van der Waals surface area contributed by atoms with Crippen LogP contribution in [-0.4, -0.2) is 36.5 Å². The molecule has 1 aliphatic rings. The molecule has 1 aromatic rings. The van der Waals surface area contributed by atoms with E-state index in [4.69, 9.17) is 19.7 Å². The zero-order valence-corrected chi connectivity index (χ0v) is 10.7. The number of aromatic nitrogens is 2. The summed E-state index contributed by atoms with van der Waals surface area (Å²) in [6.07, 6.45) is 0. The third kappa shape index (κ3) is 1.96. The van der Waals surface area contributed by atoms with Crippen molar-refractivity contribution in [2.24, 2.45) is 5.73 Å². The molecule has 0 saturated carbocycles. The number of nitrogens with zero attached hydrogens (tertiary/aromatic N) is 2. The largest absolute Gasteiger partial charge is 0.379 e. The van der Waals surface area contributed by atoms with E-state index < -0.39 is 11.0 Å². The molecular weight excluding hydrogens is 222 g/mol. The van der Waals surface area contributed by atoms with Crippen molar-refractivity contribution in [3.8, 4) is 0 Å². The van der Waals surface area contributed by atoms with Gasteiger partial charge in [-0.05, 0) is 20.8 Å². The number of methoxy groups -OCH3 is 1. The van der Waals surface area contributed by atoms with Gasteiger partial charge in [0.1, 0.15) is 5.60 Å². The first kappa shape index (κ1) is 12.5. The monoisotopic (exact) mass is 241 g/mol. The van der Waals surface area contributed by atoms with E-state index in [0.717, 1.165) is 0 Å². The predicted molar refractivity (Wildman–Crippen MR) is 60.5 cm³/mol. The number of hydrogen-bond donors (Lipinski definition) is 1. The Hall–Kier alpha value is -0.980. The molecule has 1 aromatic heterocycles. The van der Waals surface area contributed by atoms with Crippen molar-refractivity contribution in [1.82, 2.24) is 10.1 Å². The molecule has 17 heavy (non-hydrogen) atoms. The summed E-state index contributed by atoms with van der Waals surface area (Å²) in [5.41, 5.74) is 5.04. The zero-order valence-electron chi connectivity index (χ0n) is 10.7. The van der Waals surface area contributed by atoms with Gasteiger partial charge in [-0.15, -0.1) is 0 Å². The molecule has 1 saturated heterocycles. The van der Waals surface area contributed by atoms with Crippen molar-refractivity contribution in [1.29, 1.82) is 0 Å². The van der Waals surface area contributed by atoms with Crippen LogP contribution >= 0.6 is 0 Å². The highest BCUT2D eigenvalue weighted by Gasteiger charge is 2.45. The van der Waals surface area contributed by atoms with Gasteiger partial charge >= 0.3 is 0 Å². The van der Waals surface area contributed by atoms with Gasteiger partial charge in [0.2, 0.25) is 11.7 Å². The summed E-state index contributed by atoms with van der Waals surface area (Å²) in [6, 6.07) is -0.124. The first-order valence-corrected chi connectivity index (χ1v) is 5.63. The molecule has 0 aliphatic carbocycles. The topological polar surface area (TPSA) is 83.4 Å². The normalized spacial score (nSPS) is 29.8. The average Bonchev–Trinajstić information content (AvgIpc) is 2.88. The van der Waals surface area contributed by atoms with Gasteiger partial charge in [0, 0.05) is 13.2 Å². The Labute approximate surface area is 100 Å².